The molecular weight excluding hydrogens is 858 g/mol. The van der Waals surface area contributed by atoms with E-state index in [-0.39, 0.29) is 65.5 Å². The highest BCUT2D eigenvalue weighted by molar-refractivity contribution is 6.21. The molecule has 4 aromatic rings. The Morgan fingerprint density at radius 3 is 1.94 bits per heavy atom. The Morgan fingerprint density at radius 2 is 1.41 bits per heavy atom. The van der Waals surface area contributed by atoms with Crippen LogP contribution in [-0.2, 0) is 25.7 Å². The number of rotatable bonds is 17. The van der Waals surface area contributed by atoms with Crippen molar-refractivity contribution in [2.24, 2.45) is 11.0 Å². The first kappa shape index (κ1) is 48.6. The fourth-order valence-corrected chi connectivity index (χ4v) is 7.23. The van der Waals surface area contributed by atoms with Crippen LogP contribution in [0.25, 0.3) is 5.69 Å². The molecule has 1 amide bonds. The molecule has 21 heteroatoms. The monoisotopic (exact) mass is 905 g/mol. The second-order valence-electron chi connectivity index (χ2n) is 14.8. The van der Waals surface area contributed by atoms with Crippen LogP contribution in [0.2, 0.25) is 0 Å². The maximum atomic E-state index is 12.6. The maximum absolute atomic E-state index is 12.6. The van der Waals surface area contributed by atoms with Gasteiger partial charge in [0.05, 0.1) is 37.1 Å². The van der Waals surface area contributed by atoms with Gasteiger partial charge in [0.2, 0.25) is 0 Å². The van der Waals surface area contributed by atoms with Crippen molar-refractivity contribution < 1.29 is 69.9 Å². The summed E-state index contributed by atoms with van der Waals surface area (Å²) >= 11 is 0. The molecule has 0 saturated heterocycles. The average Bonchev–Trinajstić information content (AvgIpc) is 3.81. The first-order valence-electron chi connectivity index (χ1n) is 19.8. The van der Waals surface area contributed by atoms with Gasteiger partial charge in [0, 0.05) is 55.9 Å². The molecule has 0 spiro atoms. The third kappa shape index (κ3) is 13.8. The quantitative estimate of drug-likeness (QED) is 0.0590. The van der Waals surface area contributed by atoms with Gasteiger partial charge in [-0.3, -0.25) is 9.59 Å². The molecule has 1 fully saturated rings. The standard InChI is InChI=1S/C29H33F3N4O5.C14H13F3N2O4/c1-40-18-25-24(17-36(35-25)22-11-13-23(14-12-22)41-29(30,31)32)27(19-5-3-2-4-6-19)34-21-9-7-20(8-10-21)28(39)33-16-15-26(37)38;1-19(7-11(13(20)21)12(18-19)8-22-2)9-3-5-10(6-4-9)23-14(15,16)17/h7-14,17,19,27,34H,2-6,15-16,18H2,1H3,(H,33,39)(H,37,38);3-7H,8H2,1-2H3/p+1. The second kappa shape index (κ2) is 21.3. The van der Waals surface area contributed by atoms with Crippen molar-refractivity contribution in [2.45, 2.75) is 63.9 Å². The second-order valence-corrected chi connectivity index (χ2v) is 14.8. The van der Waals surface area contributed by atoms with Crippen LogP contribution in [-0.4, -0.2) is 90.7 Å². The number of quaternary nitrogens is 1. The molecule has 1 aliphatic heterocycles. The minimum Gasteiger partial charge on any atom is -0.481 e. The molecule has 2 aliphatic rings. The van der Waals surface area contributed by atoms with Crippen LogP contribution in [0, 0.1) is 5.92 Å². The summed E-state index contributed by atoms with van der Waals surface area (Å²) in [4.78, 5) is 34.3. The number of carboxylic acids is 2. The van der Waals surface area contributed by atoms with Crippen LogP contribution in [0.3, 0.4) is 0 Å². The SMILES string of the molecule is COCC1=N[N+](C)(c2ccc(OC(F)(F)F)cc2)C=C1C(=O)O.COCc1nn(-c2ccc(OC(F)(F)F)cc2)cc1C(Nc1ccc(C(=O)NCCC(=O)O)cc1)C1CCCCC1. The summed E-state index contributed by atoms with van der Waals surface area (Å²) in [5.74, 6) is -2.86. The van der Waals surface area contributed by atoms with Gasteiger partial charge in [0.25, 0.3) is 5.91 Å². The van der Waals surface area contributed by atoms with Crippen molar-refractivity contribution in [3.63, 3.8) is 0 Å². The highest BCUT2D eigenvalue weighted by atomic mass is 19.4. The lowest BCUT2D eigenvalue weighted by Crippen LogP contribution is -2.31. The number of ether oxygens (including phenoxy) is 4. The van der Waals surface area contributed by atoms with Gasteiger partial charge in [-0.15, -0.1) is 30.9 Å². The summed E-state index contributed by atoms with van der Waals surface area (Å²) < 4.78 is 93.8. The first-order chi connectivity index (χ1) is 30.3. The van der Waals surface area contributed by atoms with Crippen molar-refractivity contribution in [2.75, 3.05) is 39.7 Å². The lowest BCUT2D eigenvalue weighted by atomic mass is 9.81. The molecule has 2 heterocycles. The topological polar surface area (TPSA) is 183 Å². The number of nitrogens with zero attached hydrogens (tertiary/aromatic N) is 4. The number of carbonyl (C=O) groups is 3. The van der Waals surface area contributed by atoms with E-state index in [4.69, 9.17) is 19.7 Å². The summed E-state index contributed by atoms with van der Waals surface area (Å²) in [6, 6.07) is 17.4. The molecule has 4 N–H and O–H groups in total. The molecule has 1 saturated carbocycles. The van der Waals surface area contributed by atoms with Crippen LogP contribution in [0.15, 0.2) is 95.9 Å². The smallest absolute Gasteiger partial charge is 0.481 e. The first-order valence-corrected chi connectivity index (χ1v) is 19.8. The van der Waals surface area contributed by atoms with Crippen molar-refractivity contribution in [1.82, 2.24) is 19.7 Å². The largest absolute Gasteiger partial charge is 0.573 e. The molecule has 64 heavy (non-hydrogen) atoms. The van der Waals surface area contributed by atoms with Crippen LogP contribution in [0.1, 0.15) is 66.2 Å². The zero-order valence-corrected chi connectivity index (χ0v) is 34.9. The molecule has 15 nitrogen and oxygen atoms in total. The number of amides is 1. The van der Waals surface area contributed by atoms with Crippen LogP contribution in [0.4, 0.5) is 37.7 Å². The molecule has 344 valence electrons. The number of nitrogens with one attached hydrogen (secondary N) is 2. The van der Waals surface area contributed by atoms with Crippen LogP contribution >= 0.6 is 0 Å². The molecule has 3 aromatic carbocycles. The molecule has 2 atom stereocenters. The molecule has 1 aromatic heterocycles. The predicted octanol–water partition coefficient (Wildman–Crippen LogP) is 8.36. The van der Waals surface area contributed by atoms with E-state index in [2.05, 4.69) is 25.2 Å². The fourth-order valence-electron chi connectivity index (χ4n) is 7.23. The van der Waals surface area contributed by atoms with Crippen molar-refractivity contribution in [3.8, 4) is 17.2 Å². The molecule has 6 rings (SSSR count). The summed E-state index contributed by atoms with van der Waals surface area (Å²) in [5.41, 5.74) is 4.13. The number of methoxy groups -OCH3 is 2. The third-order valence-electron chi connectivity index (χ3n) is 10.1. The highest BCUT2D eigenvalue weighted by Crippen LogP contribution is 2.39. The number of benzene rings is 3. The third-order valence-corrected chi connectivity index (χ3v) is 10.1. The Hall–Kier alpha value is -6.45. The number of hydrogen-bond acceptors (Lipinski definition) is 10. The van der Waals surface area contributed by atoms with E-state index in [0.717, 1.165) is 49.1 Å². The molecule has 1 aliphatic carbocycles. The van der Waals surface area contributed by atoms with E-state index in [0.29, 0.717) is 28.6 Å². The van der Waals surface area contributed by atoms with Crippen molar-refractivity contribution in [3.05, 3.63) is 108 Å². The van der Waals surface area contributed by atoms with Gasteiger partial charge in [-0.25, -0.2) is 9.48 Å². The number of alkyl halides is 6. The van der Waals surface area contributed by atoms with E-state index in [9.17, 15) is 45.8 Å². The minimum absolute atomic E-state index is 0.00929. The number of aliphatic carboxylic acids is 2. The number of anilines is 1. The summed E-state index contributed by atoms with van der Waals surface area (Å²) in [5, 5.41) is 33.2. The number of hydrogen-bond donors (Lipinski definition) is 4. The minimum atomic E-state index is -4.77. The van der Waals surface area contributed by atoms with E-state index in [1.54, 1.807) is 31.0 Å². The summed E-state index contributed by atoms with van der Waals surface area (Å²) in [6.07, 6.45) is -1.02. The zero-order chi connectivity index (χ0) is 46.7. The van der Waals surface area contributed by atoms with E-state index >= 15 is 0 Å². The van der Waals surface area contributed by atoms with E-state index in [1.165, 1.54) is 56.1 Å². The zero-order valence-electron chi connectivity index (χ0n) is 34.9. The van der Waals surface area contributed by atoms with Gasteiger partial charge < -0.3 is 39.8 Å². The Kier molecular flexibility index (Phi) is 16.2. The van der Waals surface area contributed by atoms with Gasteiger partial charge in [-0.05, 0) is 79.4 Å². The summed E-state index contributed by atoms with van der Waals surface area (Å²) in [7, 11) is 4.59. The molecule has 0 radical (unpaired) electrons. The number of halogens is 6. The van der Waals surface area contributed by atoms with Crippen LogP contribution < -0.4 is 24.7 Å². The Balaban J connectivity index is 0.000000283. The normalized spacial score (nSPS) is 17.0. The molecule has 2 unspecified atom stereocenters. The Morgan fingerprint density at radius 1 is 0.828 bits per heavy atom. The van der Waals surface area contributed by atoms with Gasteiger partial charge in [0.15, 0.2) is 5.69 Å². The van der Waals surface area contributed by atoms with E-state index in [1.807, 2.05) is 18.3 Å². The lowest BCUT2D eigenvalue weighted by Gasteiger charge is -2.32. The maximum Gasteiger partial charge on any atom is 0.573 e. The number of aromatic nitrogens is 2. The number of carboxylic acid groups (broad SMARTS) is 2. The Labute approximate surface area is 363 Å². The van der Waals surface area contributed by atoms with Gasteiger partial charge in [0.1, 0.15) is 36.0 Å². The molecular formula is C43H47F6N6O9+. The van der Waals surface area contributed by atoms with Gasteiger partial charge in [-0.1, -0.05) is 24.4 Å². The number of carbonyl (C=O) groups excluding carboxylic acids is 1. The highest BCUT2D eigenvalue weighted by Gasteiger charge is 2.37. The molecule has 0 bridgehead atoms. The average molecular weight is 906 g/mol. The predicted molar refractivity (Wildman–Crippen MR) is 221 cm³/mol. The Bertz CT molecular complexity index is 2280. The van der Waals surface area contributed by atoms with Crippen molar-refractivity contribution in [1.29, 1.82) is 0 Å². The van der Waals surface area contributed by atoms with Gasteiger partial charge >= 0.3 is 24.7 Å². The van der Waals surface area contributed by atoms with Crippen molar-refractivity contribution >= 4 is 34.9 Å². The van der Waals surface area contributed by atoms with E-state index < -0.39 is 24.7 Å². The van der Waals surface area contributed by atoms with Gasteiger partial charge in [-0.2, -0.15) is 5.10 Å². The fraction of sp³-hybridized carbons (Fsp3) is 0.372. The summed E-state index contributed by atoms with van der Waals surface area (Å²) in [6.45, 7) is 0.307. The lowest BCUT2D eigenvalue weighted by molar-refractivity contribution is -0.275. The van der Waals surface area contributed by atoms with Crippen LogP contribution in [0.5, 0.6) is 11.5 Å².